The molecule has 0 aliphatic rings. The number of aryl methyl sites for hydroxylation is 5. The predicted octanol–water partition coefficient (Wildman–Crippen LogP) is 8.75. The fourth-order valence-electron chi connectivity index (χ4n) is 4.70. The van der Waals surface area contributed by atoms with Crippen LogP contribution in [0, 0.1) is 5.82 Å². The van der Waals surface area contributed by atoms with Gasteiger partial charge >= 0.3 is 6.36 Å². The SMILES string of the molecule is CCCCCCCc1cnc(CCc2ccc3c(F)c(CCc4ccc(OC(F)(F)F)cc4)ccc3c2)nc1. The zero-order chi connectivity index (χ0) is 27.7. The largest absolute Gasteiger partial charge is 0.573 e. The van der Waals surface area contributed by atoms with E-state index in [-0.39, 0.29) is 11.6 Å². The highest BCUT2D eigenvalue weighted by Gasteiger charge is 2.30. The Bertz CT molecular complexity index is 1340. The average Bonchev–Trinajstić information content (AvgIpc) is 2.92. The summed E-state index contributed by atoms with van der Waals surface area (Å²) in [5, 5.41) is 1.39. The Balaban J connectivity index is 1.30. The van der Waals surface area contributed by atoms with Crippen molar-refractivity contribution >= 4 is 10.8 Å². The Morgan fingerprint density at radius 3 is 2.10 bits per heavy atom. The van der Waals surface area contributed by atoms with Gasteiger partial charge in [0.2, 0.25) is 0 Å². The molecule has 0 saturated carbocycles. The molecule has 0 atom stereocenters. The molecule has 0 bridgehead atoms. The van der Waals surface area contributed by atoms with Gasteiger partial charge in [0, 0.05) is 24.2 Å². The summed E-state index contributed by atoms with van der Waals surface area (Å²) in [4.78, 5) is 9.07. The van der Waals surface area contributed by atoms with Crippen LogP contribution in [0.15, 0.2) is 67.0 Å². The van der Waals surface area contributed by atoms with Crippen molar-refractivity contribution in [2.75, 3.05) is 0 Å². The third-order valence-corrected chi connectivity index (χ3v) is 6.90. The van der Waals surface area contributed by atoms with Crippen molar-refractivity contribution in [3.63, 3.8) is 0 Å². The van der Waals surface area contributed by atoms with Crippen LogP contribution in [0.25, 0.3) is 10.8 Å². The molecule has 0 aliphatic heterocycles. The van der Waals surface area contributed by atoms with E-state index in [1.54, 1.807) is 18.2 Å². The van der Waals surface area contributed by atoms with Crippen LogP contribution in [-0.4, -0.2) is 16.3 Å². The van der Waals surface area contributed by atoms with E-state index < -0.39 is 6.36 Å². The van der Waals surface area contributed by atoms with Gasteiger partial charge in [0.15, 0.2) is 0 Å². The summed E-state index contributed by atoms with van der Waals surface area (Å²) in [5.41, 5.74) is 3.66. The lowest BCUT2D eigenvalue weighted by atomic mass is 9.98. The molecule has 0 N–H and O–H groups in total. The number of aromatic nitrogens is 2. The number of hydrogen-bond acceptors (Lipinski definition) is 3. The van der Waals surface area contributed by atoms with E-state index in [4.69, 9.17) is 0 Å². The van der Waals surface area contributed by atoms with Crippen molar-refractivity contribution in [3.05, 3.63) is 101 Å². The van der Waals surface area contributed by atoms with Crippen molar-refractivity contribution < 1.29 is 22.3 Å². The van der Waals surface area contributed by atoms with Crippen molar-refractivity contribution in [2.24, 2.45) is 0 Å². The fraction of sp³-hybridized carbons (Fsp3) is 0.375. The predicted molar refractivity (Wildman–Crippen MR) is 146 cm³/mol. The molecule has 0 radical (unpaired) electrons. The van der Waals surface area contributed by atoms with E-state index >= 15 is 4.39 Å². The van der Waals surface area contributed by atoms with Crippen LogP contribution >= 0.6 is 0 Å². The summed E-state index contributed by atoms with van der Waals surface area (Å²) in [7, 11) is 0. The molecule has 4 rings (SSSR count). The van der Waals surface area contributed by atoms with Crippen LogP contribution in [0.5, 0.6) is 5.75 Å². The molecule has 0 saturated heterocycles. The van der Waals surface area contributed by atoms with Crippen LogP contribution in [0.3, 0.4) is 0 Å². The van der Waals surface area contributed by atoms with Gasteiger partial charge in [-0.3, -0.25) is 0 Å². The second kappa shape index (κ2) is 13.5. The van der Waals surface area contributed by atoms with Crippen LogP contribution < -0.4 is 4.74 Å². The summed E-state index contributed by atoms with van der Waals surface area (Å²) in [6.45, 7) is 2.22. The molecular formula is C32H34F4N2O. The summed E-state index contributed by atoms with van der Waals surface area (Å²) in [6, 6.07) is 15.2. The minimum Gasteiger partial charge on any atom is -0.406 e. The standard InChI is InChI=1S/C32H34F4N2O/c1-2-3-4-5-6-7-25-21-37-30(38-22-25)19-12-24-11-18-29-27(20-24)15-14-26(31(29)33)13-8-23-9-16-28(17-10-23)39-32(34,35)36/h9-11,14-18,20-22H,2-8,12-13,19H2,1H3. The maximum atomic E-state index is 15.2. The number of benzene rings is 3. The van der Waals surface area contributed by atoms with E-state index in [0.29, 0.717) is 23.8 Å². The van der Waals surface area contributed by atoms with Crippen LogP contribution in [0.4, 0.5) is 17.6 Å². The summed E-state index contributed by atoms with van der Waals surface area (Å²) < 4.78 is 56.1. The number of halogens is 4. The zero-order valence-electron chi connectivity index (χ0n) is 22.2. The molecule has 0 spiro atoms. The summed E-state index contributed by atoms with van der Waals surface area (Å²) in [6.07, 6.45) is 8.85. The van der Waals surface area contributed by atoms with E-state index in [9.17, 15) is 13.2 Å². The minimum atomic E-state index is -4.72. The first kappa shape index (κ1) is 28.5. The van der Waals surface area contributed by atoms with E-state index in [0.717, 1.165) is 41.6 Å². The second-order valence-corrected chi connectivity index (χ2v) is 9.96. The van der Waals surface area contributed by atoms with E-state index in [1.165, 1.54) is 49.8 Å². The topological polar surface area (TPSA) is 35.0 Å². The van der Waals surface area contributed by atoms with Gasteiger partial charge in [0.1, 0.15) is 17.4 Å². The Hall–Kier alpha value is -3.48. The first-order valence-corrected chi connectivity index (χ1v) is 13.7. The molecule has 0 aliphatic carbocycles. The highest BCUT2D eigenvalue weighted by Crippen LogP contribution is 2.26. The van der Waals surface area contributed by atoms with Crippen molar-refractivity contribution in [2.45, 2.75) is 77.5 Å². The van der Waals surface area contributed by atoms with E-state index in [2.05, 4.69) is 21.6 Å². The van der Waals surface area contributed by atoms with Gasteiger partial charge in [-0.2, -0.15) is 0 Å². The van der Waals surface area contributed by atoms with Crippen molar-refractivity contribution in [3.8, 4) is 5.75 Å². The van der Waals surface area contributed by atoms with Gasteiger partial charge in [-0.05, 0) is 71.9 Å². The Labute approximate surface area is 227 Å². The maximum absolute atomic E-state index is 15.2. The molecule has 1 aromatic heterocycles. The average molecular weight is 539 g/mol. The highest BCUT2D eigenvalue weighted by molar-refractivity contribution is 5.84. The lowest BCUT2D eigenvalue weighted by molar-refractivity contribution is -0.274. The lowest BCUT2D eigenvalue weighted by Gasteiger charge is -2.10. The zero-order valence-corrected chi connectivity index (χ0v) is 22.2. The number of unbranched alkanes of at least 4 members (excludes halogenated alkanes) is 4. The molecule has 0 fully saturated rings. The first-order valence-electron chi connectivity index (χ1n) is 13.7. The van der Waals surface area contributed by atoms with Gasteiger partial charge in [0.05, 0.1) is 0 Å². The van der Waals surface area contributed by atoms with Crippen LogP contribution in [0.2, 0.25) is 0 Å². The molecular weight excluding hydrogens is 504 g/mol. The number of hydrogen-bond donors (Lipinski definition) is 0. The van der Waals surface area contributed by atoms with Gasteiger partial charge < -0.3 is 4.74 Å². The number of ether oxygens (including phenoxy) is 1. The summed E-state index contributed by atoms with van der Waals surface area (Å²) in [5.74, 6) is 0.282. The van der Waals surface area contributed by atoms with Crippen LogP contribution in [-0.2, 0) is 32.1 Å². The van der Waals surface area contributed by atoms with Gasteiger partial charge in [-0.1, -0.05) is 75.1 Å². The number of alkyl halides is 3. The highest BCUT2D eigenvalue weighted by atomic mass is 19.4. The minimum absolute atomic E-state index is 0.260. The molecule has 1 heterocycles. The third kappa shape index (κ3) is 8.77. The van der Waals surface area contributed by atoms with E-state index in [1.807, 2.05) is 36.7 Å². The van der Waals surface area contributed by atoms with Crippen molar-refractivity contribution in [1.29, 1.82) is 0 Å². The Kier molecular flexibility index (Phi) is 9.90. The Morgan fingerprint density at radius 2 is 1.38 bits per heavy atom. The molecule has 0 amide bonds. The maximum Gasteiger partial charge on any atom is 0.573 e. The molecule has 0 unspecified atom stereocenters. The molecule has 3 aromatic carbocycles. The normalized spacial score (nSPS) is 11.7. The van der Waals surface area contributed by atoms with Gasteiger partial charge in [-0.25, -0.2) is 14.4 Å². The second-order valence-electron chi connectivity index (χ2n) is 9.96. The molecule has 7 heteroatoms. The van der Waals surface area contributed by atoms with Gasteiger partial charge in [0.25, 0.3) is 0 Å². The first-order chi connectivity index (χ1) is 18.8. The Morgan fingerprint density at radius 1 is 0.692 bits per heavy atom. The molecule has 206 valence electrons. The number of fused-ring (bicyclic) bond motifs is 1. The van der Waals surface area contributed by atoms with Crippen molar-refractivity contribution in [1.82, 2.24) is 9.97 Å². The molecule has 39 heavy (non-hydrogen) atoms. The number of nitrogens with zero attached hydrogens (tertiary/aromatic N) is 2. The number of rotatable bonds is 13. The molecule has 3 nitrogen and oxygen atoms in total. The van der Waals surface area contributed by atoms with Gasteiger partial charge in [-0.15, -0.1) is 13.2 Å². The smallest absolute Gasteiger partial charge is 0.406 e. The lowest BCUT2D eigenvalue weighted by Crippen LogP contribution is -2.17. The van der Waals surface area contributed by atoms with Crippen LogP contribution in [0.1, 0.15) is 67.1 Å². The summed E-state index contributed by atoms with van der Waals surface area (Å²) >= 11 is 0. The quantitative estimate of drug-likeness (QED) is 0.126. The monoisotopic (exact) mass is 538 g/mol. The third-order valence-electron chi connectivity index (χ3n) is 6.90. The fourth-order valence-corrected chi connectivity index (χ4v) is 4.70. The molecule has 4 aromatic rings.